The Morgan fingerprint density at radius 1 is 0.562 bits per heavy atom. The Bertz CT molecular complexity index is 1010. The van der Waals surface area contributed by atoms with Gasteiger partial charge in [-0.05, 0) is 25.2 Å². The summed E-state index contributed by atoms with van der Waals surface area (Å²) in [6, 6.07) is 0. The molecule has 0 radical (unpaired) electrons. The lowest BCUT2D eigenvalue weighted by molar-refractivity contribution is -0.136. The summed E-state index contributed by atoms with van der Waals surface area (Å²) in [5.74, 6) is -9.34. The van der Waals surface area contributed by atoms with Crippen LogP contribution in [0.25, 0.3) is 0 Å². The third-order valence-electron chi connectivity index (χ3n) is 6.49. The summed E-state index contributed by atoms with van der Waals surface area (Å²) >= 11 is 0. The van der Waals surface area contributed by atoms with Gasteiger partial charge in [0, 0.05) is 18.5 Å². The molecule has 278 valence electrons. The molecule has 0 saturated heterocycles. The standard InChI is InChI=1S/C33H53F4NO10/c1-25-28(34)30(36)32(31(37)29(25)35)48-27(40)8-12-42-14-16-44-18-20-46-22-24-47-23-21-45-19-17-43-15-13-41-11-7-26(39)38-10-6-5-9-33(2,3)4/h5-24H2,1-4H3,(H,38,39). The molecule has 1 N–H and O–H groups in total. The highest BCUT2D eigenvalue weighted by Crippen LogP contribution is 2.29. The van der Waals surface area contributed by atoms with E-state index in [0.29, 0.717) is 91.1 Å². The van der Waals surface area contributed by atoms with Gasteiger partial charge >= 0.3 is 5.97 Å². The van der Waals surface area contributed by atoms with Gasteiger partial charge in [-0.15, -0.1) is 0 Å². The van der Waals surface area contributed by atoms with Crippen molar-refractivity contribution in [2.75, 3.05) is 99.0 Å². The normalized spacial score (nSPS) is 11.7. The Morgan fingerprint density at radius 3 is 1.33 bits per heavy atom. The summed E-state index contributed by atoms with van der Waals surface area (Å²) in [4.78, 5) is 23.5. The molecule has 15 heteroatoms. The second-order valence-electron chi connectivity index (χ2n) is 11.8. The molecule has 0 fully saturated rings. The van der Waals surface area contributed by atoms with E-state index in [1.807, 2.05) is 0 Å². The molecule has 11 nitrogen and oxygen atoms in total. The molecule has 0 aliphatic rings. The van der Waals surface area contributed by atoms with Crippen LogP contribution in [0.5, 0.6) is 5.75 Å². The summed E-state index contributed by atoms with van der Waals surface area (Å²) in [6.07, 6.45) is 3.18. The first-order valence-electron chi connectivity index (χ1n) is 16.3. The molecule has 1 aromatic carbocycles. The van der Waals surface area contributed by atoms with Crippen LogP contribution in [0.2, 0.25) is 0 Å². The van der Waals surface area contributed by atoms with Crippen molar-refractivity contribution in [3.8, 4) is 5.75 Å². The Balaban J connectivity index is 1.80. The number of unbranched alkanes of at least 4 members (excludes halogenated alkanes) is 1. The molecule has 0 aliphatic carbocycles. The van der Waals surface area contributed by atoms with E-state index < -0.39 is 47.0 Å². The number of halogens is 4. The number of esters is 1. The largest absolute Gasteiger partial charge is 0.420 e. The zero-order valence-electron chi connectivity index (χ0n) is 28.7. The molecule has 0 unspecified atom stereocenters. The lowest BCUT2D eigenvalue weighted by atomic mass is 9.90. The highest BCUT2D eigenvalue weighted by Gasteiger charge is 2.26. The minimum atomic E-state index is -1.78. The smallest absolute Gasteiger partial charge is 0.313 e. The van der Waals surface area contributed by atoms with Crippen molar-refractivity contribution in [1.82, 2.24) is 5.32 Å². The maximum atomic E-state index is 13.8. The monoisotopic (exact) mass is 699 g/mol. The summed E-state index contributed by atoms with van der Waals surface area (Å²) in [6.45, 7) is 12.7. The van der Waals surface area contributed by atoms with E-state index in [1.54, 1.807) is 0 Å². The summed E-state index contributed by atoms with van der Waals surface area (Å²) < 4.78 is 96.6. The molecule has 0 heterocycles. The van der Waals surface area contributed by atoms with E-state index in [0.717, 1.165) is 26.2 Å². The van der Waals surface area contributed by atoms with E-state index >= 15 is 0 Å². The van der Waals surface area contributed by atoms with E-state index in [9.17, 15) is 27.2 Å². The number of rotatable bonds is 29. The summed E-state index contributed by atoms with van der Waals surface area (Å²) in [5, 5.41) is 2.92. The minimum Gasteiger partial charge on any atom is -0.420 e. The van der Waals surface area contributed by atoms with Gasteiger partial charge in [-0.2, -0.15) is 8.78 Å². The van der Waals surface area contributed by atoms with Gasteiger partial charge in [0.15, 0.2) is 11.6 Å². The van der Waals surface area contributed by atoms with Crippen molar-refractivity contribution < 1.29 is 65.0 Å². The third-order valence-corrected chi connectivity index (χ3v) is 6.49. The number of amides is 1. The molecular weight excluding hydrogens is 646 g/mol. The molecule has 1 amide bonds. The van der Waals surface area contributed by atoms with Crippen molar-refractivity contribution in [2.45, 2.75) is 59.8 Å². The predicted molar refractivity (Wildman–Crippen MR) is 168 cm³/mol. The van der Waals surface area contributed by atoms with Gasteiger partial charge in [0.1, 0.15) is 0 Å². The second-order valence-corrected chi connectivity index (χ2v) is 11.8. The van der Waals surface area contributed by atoms with Gasteiger partial charge in [-0.1, -0.05) is 27.2 Å². The van der Waals surface area contributed by atoms with Crippen molar-refractivity contribution >= 4 is 11.9 Å². The first-order chi connectivity index (χ1) is 22.9. The highest BCUT2D eigenvalue weighted by molar-refractivity contribution is 5.75. The molecule has 1 aromatic rings. The Morgan fingerprint density at radius 2 is 0.938 bits per heavy atom. The number of carbonyl (C=O) groups is 2. The lowest BCUT2D eigenvalue weighted by Crippen LogP contribution is -2.25. The fourth-order valence-electron chi connectivity index (χ4n) is 3.81. The number of hydrogen-bond donors (Lipinski definition) is 1. The third kappa shape index (κ3) is 21.5. The van der Waals surface area contributed by atoms with E-state index in [-0.39, 0.29) is 25.7 Å². The number of hydrogen-bond acceptors (Lipinski definition) is 10. The second kappa shape index (κ2) is 26.5. The SMILES string of the molecule is Cc1c(F)c(F)c(OC(=O)CCOCCOCCOCCOCCOCCOCCOCCC(=O)NCCCCC(C)(C)C)c(F)c1F. The van der Waals surface area contributed by atoms with Gasteiger partial charge < -0.3 is 43.2 Å². The number of ether oxygens (including phenoxy) is 8. The molecule has 1 rings (SSSR count). The number of benzene rings is 1. The van der Waals surface area contributed by atoms with Crippen molar-refractivity contribution in [1.29, 1.82) is 0 Å². The topological polar surface area (TPSA) is 120 Å². The van der Waals surface area contributed by atoms with Crippen molar-refractivity contribution in [2.24, 2.45) is 5.41 Å². The molecule has 0 aliphatic heterocycles. The van der Waals surface area contributed by atoms with Crippen molar-refractivity contribution in [3.63, 3.8) is 0 Å². The van der Waals surface area contributed by atoms with Crippen LogP contribution in [-0.2, 0) is 42.7 Å². The predicted octanol–water partition coefficient (Wildman–Crippen LogP) is 4.69. The van der Waals surface area contributed by atoms with E-state index in [4.69, 9.17) is 33.2 Å². The zero-order chi connectivity index (χ0) is 35.6. The van der Waals surface area contributed by atoms with Gasteiger partial charge in [0.2, 0.25) is 23.3 Å². The Labute approximate surface area is 281 Å². The van der Waals surface area contributed by atoms with Crippen LogP contribution in [-0.4, -0.2) is 111 Å². The maximum Gasteiger partial charge on any atom is 0.313 e. The van der Waals surface area contributed by atoms with Gasteiger partial charge in [-0.25, -0.2) is 8.78 Å². The molecule has 0 bridgehead atoms. The minimum absolute atomic E-state index is 0.00358. The first kappa shape index (κ1) is 43.6. The highest BCUT2D eigenvalue weighted by atomic mass is 19.2. The van der Waals surface area contributed by atoms with Gasteiger partial charge in [0.05, 0.1) is 98.9 Å². The zero-order valence-corrected chi connectivity index (χ0v) is 28.7. The Hall–Kier alpha value is -2.40. The van der Waals surface area contributed by atoms with Crippen LogP contribution in [0, 0.1) is 35.6 Å². The average Bonchev–Trinajstić information content (AvgIpc) is 3.04. The van der Waals surface area contributed by atoms with Crippen LogP contribution < -0.4 is 10.1 Å². The van der Waals surface area contributed by atoms with Crippen LogP contribution in [0.15, 0.2) is 0 Å². The van der Waals surface area contributed by atoms with Crippen LogP contribution in [0.3, 0.4) is 0 Å². The molecule has 48 heavy (non-hydrogen) atoms. The number of nitrogens with one attached hydrogen (secondary N) is 1. The van der Waals surface area contributed by atoms with Crippen molar-refractivity contribution in [3.05, 3.63) is 28.8 Å². The fourth-order valence-corrected chi connectivity index (χ4v) is 3.81. The van der Waals surface area contributed by atoms with Crippen LogP contribution in [0.1, 0.15) is 58.4 Å². The van der Waals surface area contributed by atoms with E-state index in [2.05, 4.69) is 30.8 Å². The van der Waals surface area contributed by atoms with Gasteiger partial charge in [0.25, 0.3) is 0 Å². The lowest BCUT2D eigenvalue weighted by Gasteiger charge is -2.17. The van der Waals surface area contributed by atoms with Crippen LogP contribution in [0.4, 0.5) is 17.6 Å². The first-order valence-corrected chi connectivity index (χ1v) is 16.3. The van der Waals surface area contributed by atoms with Crippen LogP contribution >= 0.6 is 0 Å². The average molecular weight is 700 g/mol. The molecule has 0 aromatic heterocycles. The molecule has 0 spiro atoms. The fraction of sp³-hybridized carbons (Fsp3) is 0.758. The Kier molecular flexibility index (Phi) is 24.1. The molecule has 0 saturated carbocycles. The summed E-state index contributed by atoms with van der Waals surface area (Å²) in [5.41, 5.74) is -0.523. The maximum absolute atomic E-state index is 13.8. The molecular formula is C33H53F4NO10. The quantitative estimate of drug-likeness (QED) is 0.0415. The number of carbonyl (C=O) groups excluding carboxylic acids is 2. The van der Waals surface area contributed by atoms with Gasteiger partial charge in [-0.3, -0.25) is 9.59 Å². The molecule has 0 atom stereocenters. The van der Waals surface area contributed by atoms with E-state index in [1.165, 1.54) is 0 Å². The summed E-state index contributed by atoms with van der Waals surface area (Å²) in [7, 11) is 0.